The number of fused-ring (bicyclic) bond motifs is 1. The van der Waals surface area contributed by atoms with Gasteiger partial charge >= 0.3 is 0 Å². The lowest BCUT2D eigenvalue weighted by Crippen LogP contribution is -2.26. The highest BCUT2D eigenvalue weighted by molar-refractivity contribution is 5.96. The van der Waals surface area contributed by atoms with E-state index < -0.39 is 11.6 Å². The average Bonchev–Trinajstić information content (AvgIpc) is 3.36. The maximum Gasteiger partial charge on any atom is 0.251 e. The first-order chi connectivity index (χ1) is 18.7. The van der Waals surface area contributed by atoms with Gasteiger partial charge in [0, 0.05) is 49.0 Å². The van der Waals surface area contributed by atoms with E-state index in [1.807, 2.05) is 19.9 Å². The first-order valence-electron chi connectivity index (χ1n) is 12.3. The van der Waals surface area contributed by atoms with E-state index in [-0.39, 0.29) is 17.2 Å². The van der Waals surface area contributed by atoms with Crippen molar-refractivity contribution in [3.05, 3.63) is 83.5 Å². The molecule has 0 bridgehead atoms. The maximum absolute atomic E-state index is 14.8. The van der Waals surface area contributed by atoms with Crippen LogP contribution in [0, 0.1) is 11.6 Å². The molecule has 0 saturated carbocycles. The van der Waals surface area contributed by atoms with Gasteiger partial charge in [0.2, 0.25) is 0 Å². The Morgan fingerprint density at radius 3 is 2.67 bits per heavy atom. The maximum atomic E-state index is 14.8. The highest BCUT2D eigenvalue weighted by Gasteiger charge is 2.19. The minimum Gasteiger partial charge on any atom is -0.387 e. The van der Waals surface area contributed by atoms with Crippen LogP contribution in [0.1, 0.15) is 36.7 Å². The van der Waals surface area contributed by atoms with Gasteiger partial charge in [-0.15, -0.1) is 0 Å². The summed E-state index contributed by atoms with van der Waals surface area (Å²) in [7, 11) is 1.53. The Kier molecular flexibility index (Phi) is 8.18. The Hall–Kier alpha value is -4.80. The summed E-state index contributed by atoms with van der Waals surface area (Å²) in [5, 5.41) is 8.76. The number of carbonyl (C=O) groups excluding carboxylic acids is 1. The van der Waals surface area contributed by atoms with Crippen LogP contribution in [0.3, 0.4) is 0 Å². The SMILES string of the molecule is CCc1cc(Nc2nccn3c(-c4ccc(NC)c(F)c4F)cnc23)ccc1C(=O)NC/C(C)=C/N=C(\C)N. The zero-order valence-corrected chi connectivity index (χ0v) is 22.1. The number of nitrogens with zero attached hydrogens (tertiary/aromatic N) is 4. The normalized spacial score (nSPS) is 12.1. The minimum absolute atomic E-state index is 0.0698. The van der Waals surface area contributed by atoms with Gasteiger partial charge in [-0.05, 0) is 61.7 Å². The van der Waals surface area contributed by atoms with Gasteiger partial charge in [0.15, 0.2) is 23.1 Å². The van der Waals surface area contributed by atoms with Crippen molar-refractivity contribution < 1.29 is 13.6 Å². The molecule has 0 fully saturated rings. The summed E-state index contributed by atoms with van der Waals surface area (Å²) >= 11 is 0. The number of aryl methyl sites for hydroxylation is 1. The number of amidine groups is 1. The predicted octanol–water partition coefficient (Wildman–Crippen LogP) is 5.03. The summed E-state index contributed by atoms with van der Waals surface area (Å²) in [5.41, 5.74) is 9.48. The third-order valence-electron chi connectivity index (χ3n) is 6.07. The van der Waals surface area contributed by atoms with Crippen molar-refractivity contribution in [2.24, 2.45) is 10.7 Å². The number of rotatable bonds is 9. The van der Waals surface area contributed by atoms with Crippen LogP contribution in [-0.2, 0) is 6.42 Å². The molecule has 0 atom stereocenters. The van der Waals surface area contributed by atoms with Crippen molar-refractivity contribution >= 4 is 34.6 Å². The molecular formula is C28H30F2N8O. The topological polar surface area (TPSA) is 122 Å². The van der Waals surface area contributed by atoms with Gasteiger partial charge < -0.3 is 21.7 Å². The summed E-state index contributed by atoms with van der Waals surface area (Å²) in [6.45, 7) is 5.86. The van der Waals surface area contributed by atoms with Crippen molar-refractivity contribution in [3.8, 4) is 11.3 Å². The fourth-order valence-electron chi connectivity index (χ4n) is 4.04. The number of benzene rings is 2. The molecule has 2 heterocycles. The van der Waals surface area contributed by atoms with Crippen LogP contribution in [0.4, 0.5) is 26.0 Å². The van der Waals surface area contributed by atoms with Gasteiger partial charge in [-0.3, -0.25) is 9.20 Å². The number of nitrogens with two attached hydrogens (primary N) is 1. The first kappa shape index (κ1) is 27.2. The molecule has 2 aromatic heterocycles. The van der Waals surface area contributed by atoms with E-state index in [2.05, 4.69) is 30.9 Å². The number of amides is 1. The van der Waals surface area contributed by atoms with Crippen molar-refractivity contribution in [2.75, 3.05) is 24.2 Å². The van der Waals surface area contributed by atoms with Crippen LogP contribution in [0.15, 0.2) is 65.7 Å². The number of hydrogen-bond acceptors (Lipinski definition) is 6. The molecule has 0 radical (unpaired) electrons. The van der Waals surface area contributed by atoms with E-state index in [0.717, 1.165) is 11.1 Å². The van der Waals surface area contributed by atoms with Crippen LogP contribution in [-0.4, -0.2) is 39.7 Å². The van der Waals surface area contributed by atoms with Gasteiger partial charge in [-0.25, -0.2) is 23.7 Å². The number of nitrogens with one attached hydrogen (secondary N) is 3. The Balaban J connectivity index is 1.58. The van der Waals surface area contributed by atoms with Crippen LogP contribution < -0.4 is 21.7 Å². The van der Waals surface area contributed by atoms with Crippen molar-refractivity contribution in [1.82, 2.24) is 19.7 Å². The van der Waals surface area contributed by atoms with Crippen LogP contribution >= 0.6 is 0 Å². The van der Waals surface area contributed by atoms with E-state index in [1.54, 1.807) is 42.1 Å². The summed E-state index contributed by atoms with van der Waals surface area (Å²) in [5.74, 6) is -1.26. The second kappa shape index (κ2) is 11.7. The van der Waals surface area contributed by atoms with E-state index in [9.17, 15) is 13.6 Å². The highest BCUT2D eigenvalue weighted by Crippen LogP contribution is 2.31. The van der Waals surface area contributed by atoms with Crippen LogP contribution in [0.2, 0.25) is 0 Å². The molecule has 0 aliphatic rings. The molecule has 202 valence electrons. The zero-order chi connectivity index (χ0) is 28.1. The fourth-order valence-corrected chi connectivity index (χ4v) is 4.04. The van der Waals surface area contributed by atoms with E-state index >= 15 is 0 Å². The van der Waals surface area contributed by atoms with Gasteiger partial charge in [0.1, 0.15) is 0 Å². The number of aromatic nitrogens is 3. The van der Waals surface area contributed by atoms with Gasteiger partial charge in [0.05, 0.1) is 23.4 Å². The fraction of sp³-hybridized carbons (Fsp3) is 0.214. The van der Waals surface area contributed by atoms with Crippen molar-refractivity contribution in [3.63, 3.8) is 0 Å². The molecule has 0 spiro atoms. The Bertz CT molecular complexity index is 1590. The quantitative estimate of drug-likeness (QED) is 0.177. The Labute approximate surface area is 224 Å². The number of hydrogen-bond donors (Lipinski definition) is 4. The summed E-state index contributed by atoms with van der Waals surface area (Å²) in [6, 6.07) is 8.38. The third-order valence-corrected chi connectivity index (χ3v) is 6.07. The largest absolute Gasteiger partial charge is 0.387 e. The molecule has 11 heteroatoms. The summed E-state index contributed by atoms with van der Waals surface area (Å²) in [6.07, 6.45) is 6.91. The highest BCUT2D eigenvalue weighted by atomic mass is 19.2. The van der Waals surface area contributed by atoms with Gasteiger partial charge in [-0.1, -0.05) is 6.92 Å². The predicted molar refractivity (Wildman–Crippen MR) is 150 cm³/mol. The Morgan fingerprint density at radius 1 is 1.15 bits per heavy atom. The second-order valence-electron chi connectivity index (χ2n) is 8.93. The molecule has 0 unspecified atom stereocenters. The minimum atomic E-state index is -0.968. The zero-order valence-electron chi connectivity index (χ0n) is 22.1. The van der Waals surface area contributed by atoms with E-state index in [4.69, 9.17) is 5.73 Å². The van der Waals surface area contributed by atoms with Gasteiger partial charge in [-0.2, -0.15) is 0 Å². The van der Waals surface area contributed by atoms with Crippen LogP contribution in [0.25, 0.3) is 16.9 Å². The lowest BCUT2D eigenvalue weighted by molar-refractivity contribution is 0.0956. The monoisotopic (exact) mass is 532 g/mol. The van der Waals surface area contributed by atoms with Gasteiger partial charge in [0.25, 0.3) is 5.91 Å². The molecule has 2 aromatic carbocycles. The van der Waals surface area contributed by atoms with Crippen molar-refractivity contribution in [1.29, 1.82) is 0 Å². The van der Waals surface area contributed by atoms with Crippen molar-refractivity contribution in [2.45, 2.75) is 27.2 Å². The molecule has 9 nitrogen and oxygen atoms in total. The first-order valence-corrected chi connectivity index (χ1v) is 12.3. The smallest absolute Gasteiger partial charge is 0.251 e. The molecule has 4 rings (SSSR count). The molecule has 0 aliphatic heterocycles. The second-order valence-corrected chi connectivity index (χ2v) is 8.93. The molecule has 0 saturated heterocycles. The molecule has 0 aliphatic carbocycles. The summed E-state index contributed by atoms with van der Waals surface area (Å²) in [4.78, 5) is 25.7. The molecule has 5 N–H and O–H groups in total. The molecule has 4 aromatic rings. The van der Waals surface area contributed by atoms with Crippen LogP contribution in [0.5, 0.6) is 0 Å². The number of aliphatic imine (C=N–C) groups is 1. The standard InChI is InChI=1S/C28H30F2N8O/c1-5-18-12-19(6-7-20(18)28(39)36-14-16(2)13-34-17(3)31)37-26-27-35-15-23(38(27)11-10-33-26)21-8-9-22(32-4)25(30)24(21)29/h6-13,15,32H,5,14H2,1-4H3,(H2,31,34)(H,33,37)(H,36,39)/b16-13+. The number of halogens is 2. The lowest BCUT2D eigenvalue weighted by atomic mass is 10.0. The third kappa shape index (κ3) is 5.87. The molecule has 39 heavy (non-hydrogen) atoms. The van der Waals surface area contributed by atoms with E-state index in [0.29, 0.717) is 47.2 Å². The Morgan fingerprint density at radius 2 is 1.95 bits per heavy atom. The lowest BCUT2D eigenvalue weighted by Gasteiger charge is -2.13. The average molecular weight is 533 g/mol. The molecule has 1 amide bonds. The number of imidazole rings is 1. The number of carbonyl (C=O) groups is 1. The van der Waals surface area contributed by atoms with E-state index in [1.165, 1.54) is 25.4 Å². The molecular weight excluding hydrogens is 502 g/mol. The number of anilines is 3. The summed E-state index contributed by atoms with van der Waals surface area (Å²) < 4.78 is 30.9.